The molecule has 282 valence electrons. The van der Waals surface area contributed by atoms with Gasteiger partial charge in [-0.05, 0) is 19.9 Å². The van der Waals surface area contributed by atoms with Gasteiger partial charge in [0.15, 0.2) is 5.76 Å². The van der Waals surface area contributed by atoms with E-state index in [4.69, 9.17) is 18.9 Å². The van der Waals surface area contributed by atoms with Gasteiger partial charge in [0.05, 0.1) is 47.9 Å². The van der Waals surface area contributed by atoms with Gasteiger partial charge in [0.25, 0.3) is 17.5 Å². The van der Waals surface area contributed by atoms with Crippen LogP contribution in [0.5, 0.6) is 11.5 Å². The van der Waals surface area contributed by atoms with Crippen molar-refractivity contribution in [2.45, 2.75) is 78.7 Å². The third-order valence-electron chi connectivity index (χ3n) is 9.99. The van der Waals surface area contributed by atoms with E-state index in [-0.39, 0.29) is 16.9 Å². The Kier molecular flexibility index (Phi) is 11.8. The normalized spacial score (nSPS) is 32.2. The summed E-state index contributed by atoms with van der Waals surface area (Å²) in [4.78, 5) is 66.1. The van der Waals surface area contributed by atoms with Crippen molar-refractivity contribution in [3.63, 3.8) is 0 Å². The number of fused-ring (bicyclic) bond motifs is 14. The van der Waals surface area contributed by atoms with Crippen LogP contribution in [0.15, 0.2) is 41.8 Å². The highest BCUT2D eigenvalue weighted by atomic mass is 16.7. The first-order valence-electron chi connectivity index (χ1n) is 16.7. The van der Waals surface area contributed by atoms with Gasteiger partial charge in [-0.1, -0.05) is 39.0 Å². The fraction of sp³-hybridized carbons (Fsp3) is 0.486. The fourth-order valence-electron chi connectivity index (χ4n) is 6.73. The molecule has 0 saturated heterocycles. The molecule has 9 atom stereocenters. The Hall–Kier alpha value is -4.83. The van der Waals surface area contributed by atoms with E-state index in [0.717, 1.165) is 6.26 Å². The number of aromatic hydroxyl groups is 1. The van der Waals surface area contributed by atoms with Crippen LogP contribution in [0.4, 0.5) is 0 Å². The molecule has 5 rings (SSSR count). The van der Waals surface area contributed by atoms with E-state index in [1.54, 1.807) is 20.8 Å². The summed E-state index contributed by atoms with van der Waals surface area (Å²) in [5.41, 5.74) is -2.54. The van der Waals surface area contributed by atoms with Gasteiger partial charge in [0.2, 0.25) is 5.78 Å². The number of aliphatic hydroxyl groups is 4. The van der Waals surface area contributed by atoms with Gasteiger partial charge >= 0.3 is 11.8 Å². The van der Waals surface area contributed by atoms with Crippen molar-refractivity contribution < 1.29 is 68.5 Å². The molecule has 3 aliphatic heterocycles. The second-order valence-corrected chi connectivity index (χ2v) is 13.5. The Morgan fingerprint density at radius 3 is 2.19 bits per heavy atom. The molecule has 0 saturated carbocycles. The Labute approximate surface area is 300 Å². The minimum Gasteiger partial charge on any atom is -0.507 e. The number of ether oxygens (including phenoxy) is 4. The molecule has 1 aromatic rings. The smallest absolute Gasteiger partial charge is 0.312 e. The average Bonchev–Trinajstić information content (AvgIpc) is 3.37. The molecule has 1 aliphatic carbocycles. The van der Waals surface area contributed by atoms with E-state index in [1.807, 2.05) is 0 Å². The van der Waals surface area contributed by atoms with E-state index >= 15 is 0 Å². The third kappa shape index (κ3) is 7.13. The zero-order valence-corrected chi connectivity index (χ0v) is 30.1. The quantitative estimate of drug-likeness (QED) is 0.194. The lowest BCUT2D eigenvalue weighted by molar-refractivity contribution is -0.160. The van der Waals surface area contributed by atoms with E-state index in [0.29, 0.717) is 0 Å². The number of phenolic OH excluding ortho intramolecular Hbond substituents is 1. The second-order valence-electron chi connectivity index (χ2n) is 13.5. The number of ketones is 3. The topological polar surface area (TPSA) is 235 Å². The Morgan fingerprint density at radius 1 is 0.942 bits per heavy atom. The molecule has 1 aromatic carbocycles. The number of esters is 1. The van der Waals surface area contributed by atoms with Crippen molar-refractivity contribution in [3.8, 4) is 11.5 Å². The van der Waals surface area contributed by atoms with E-state index in [1.165, 1.54) is 59.1 Å². The first kappa shape index (κ1) is 39.9. The zero-order chi connectivity index (χ0) is 39.0. The number of rotatable bonds is 3. The fourth-order valence-corrected chi connectivity index (χ4v) is 6.73. The van der Waals surface area contributed by atoms with E-state index in [9.17, 15) is 49.5 Å². The lowest BCUT2D eigenvalue weighted by Crippen LogP contribution is -2.47. The summed E-state index contributed by atoms with van der Waals surface area (Å²) in [5.74, 6) is -12.4. The van der Waals surface area contributed by atoms with Gasteiger partial charge in [-0.25, -0.2) is 0 Å². The third-order valence-corrected chi connectivity index (χ3v) is 9.99. The summed E-state index contributed by atoms with van der Waals surface area (Å²) in [7, 11) is 1.37. The van der Waals surface area contributed by atoms with Gasteiger partial charge in [-0.15, -0.1) is 0 Å². The number of hydrogen-bond donors (Lipinski definition) is 6. The molecule has 1 amide bonds. The van der Waals surface area contributed by atoms with Crippen LogP contribution >= 0.6 is 0 Å². The lowest BCUT2D eigenvalue weighted by atomic mass is 9.78. The zero-order valence-electron chi connectivity index (χ0n) is 30.1. The van der Waals surface area contributed by atoms with Crippen LogP contribution in [0.25, 0.3) is 5.76 Å². The molecule has 15 nitrogen and oxygen atoms in total. The number of nitrogens with one attached hydrogen (secondary N) is 1. The molecule has 0 fully saturated rings. The summed E-state index contributed by atoms with van der Waals surface area (Å²) >= 11 is 0. The Bertz CT molecular complexity index is 1790. The van der Waals surface area contributed by atoms with E-state index < -0.39 is 124 Å². The summed E-state index contributed by atoms with van der Waals surface area (Å²) in [6.07, 6.45) is 2.14. The van der Waals surface area contributed by atoms with Crippen molar-refractivity contribution in [3.05, 3.63) is 64.1 Å². The highest BCUT2D eigenvalue weighted by Crippen LogP contribution is 2.49. The molecule has 0 spiro atoms. The molecule has 0 radical (unpaired) electrons. The van der Waals surface area contributed by atoms with Gasteiger partial charge in [0, 0.05) is 55.8 Å². The van der Waals surface area contributed by atoms with Gasteiger partial charge < -0.3 is 49.8 Å². The maximum absolute atomic E-state index is 13.9. The number of amides is 1. The number of carbonyl (C=O) groups is 5. The first-order chi connectivity index (χ1) is 24.3. The molecule has 0 aromatic heterocycles. The molecule has 15 heteroatoms. The number of methoxy groups -OCH3 is 1. The molecular weight excluding hydrogens is 682 g/mol. The number of benzene rings is 1. The monoisotopic (exact) mass is 727 g/mol. The summed E-state index contributed by atoms with van der Waals surface area (Å²) in [6, 6.07) is 0. The van der Waals surface area contributed by atoms with Gasteiger partial charge in [-0.3, -0.25) is 24.0 Å². The maximum atomic E-state index is 13.9. The predicted octanol–water partition coefficient (Wildman–Crippen LogP) is 2.33. The maximum Gasteiger partial charge on any atom is 0.312 e. The lowest BCUT2D eigenvalue weighted by Gasteiger charge is -2.38. The SMILES string of the molecule is COC1C=COC2(C)Oc3c(C)c(O)c4c(c3C2=O)C(=O)C(=O)C(=C4O)NC(=O)C(C)=C/C=C/C(CO)C(O)C(C)C(O)C(C)C(OC(C)=O)C1C. The highest BCUT2D eigenvalue weighted by Gasteiger charge is 2.53. The average molecular weight is 728 g/mol. The number of hydrogen-bond acceptors (Lipinski definition) is 14. The van der Waals surface area contributed by atoms with Crippen molar-refractivity contribution >= 4 is 35.0 Å². The van der Waals surface area contributed by atoms with Crippen LogP contribution in [-0.4, -0.2) is 98.7 Å². The molecule has 5 bridgehead atoms. The highest BCUT2D eigenvalue weighted by molar-refractivity contribution is 6.53. The van der Waals surface area contributed by atoms with Crippen LogP contribution in [0.3, 0.4) is 0 Å². The largest absolute Gasteiger partial charge is 0.507 e. The molecule has 9 unspecified atom stereocenters. The van der Waals surface area contributed by atoms with Crippen LogP contribution in [0.2, 0.25) is 0 Å². The van der Waals surface area contributed by atoms with Crippen LogP contribution in [0, 0.1) is 30.6 Å². The molecular formula is C37H45NO14. The second kappa shape index (κ2) is 15.4. The van der Waals surface area contributed by atoms with Crippen molar-refractivity contribution in [1.82, 2.24) is 5.32 Å². The minimum absolute atomic E-state index is 0.0326. The summed E-state index contributed by atoms with van der Waals surface area (Å²) < 4.78 is 22.9. The molecule has 4 aliphatic rings. The molecule has 52 heavy (non-hydrogen) atoms. The van der Waals surface area contributed by atoms with Gasteiger partial charge in [0.1, 0.15) is 23.3 Å². The predicted molar refractivity (Wildman–Crippen MR) is 183 cm³/mol. The standard InChI is InChI=1S/C37H45NO14/c1-15-10-9-11-21(14-39)28(42)17(3)27(41)18(4)33(51-20(6)40)16(2)22(49-8)12-13-50-37(7)35(47)25-23-24(29(43)19(5)34(25)52-37)30(44)26(38-36(15)48)32(46)31(23)45/h9-13,16-18,21-22,27-28,33,39,41-44H,14H2,1-8H3,(H,38,48)/b11-9+,13-12?,15-10?. The van der Waals surface area contributed by atoms with E-state index in [2.05, 4.69) is 5.32 Å². The number of allylic oxidation sites excluding steroid dienone is 3. The number of carbonyl (C=O) groups excluding carboxylic acids is 5. The Morgan fingerprint density at radius 2 is 1.60 bits per heavy atom. The summed E-state index contributed by atoms with van der Waals surface area (Å²) in [5, 5.41) is 57.2. The number of Topliss-reactive ketones (excluding diaryl/α,β-unsaturated/α-hetero) is 3. The van der Waals surface area contributed by atoms with Crippen molar-refractivity contribution in [2.75, 3.05) is 13.7 Å². The van der Waals surface area contributed by atoms with Crippen molar-refractivity contribution in [2.24, 2.45) is 23.7 Å². The minimum atomic E-state index is -2.14. The molecule has 6 N–H and O–H groups in total. The van der Waals surface area contributed by atoms with Crippen molar-refractivity contribution in [1.29, 1.82) is 0 Å². The van der Waals surface area contributed by atoms with Crippen LogP contribution in [-0.2, 0) is 28.6 Å². The van der Waals surface area contributed by atoms with Crippen LogP contribution in [0.1, 0.15) is 73.4 Å². The first-order valence-corrected chi connectivity index (χ1v) is 16.7. The summed E-state index contributed by atoms with van der Waals surface area (Å²) in [6.45, 7) is 9.49. The Balaban J connectivity index is 1.89. The van der Waals surface area contributed by atoms with Crippen LogP contribution < -0.4 is 10.1 Å². The number of aliphatic hydroxyl groups excluding tert-OH is 4. The van der Waals surface area contributed by atoms with Gasteiger partial charge in [-0.2, -0.15) is 0 Å². The number of phenols is 1. The molecule has 3 heterocycles.